The zero-order valence-electron chi connectivity index (χ0n) is 35.6. The molecule has 0 aliphatic heterocycles. The van der Waals surface area contributed by atoms with E-state index in [4.69, 9.17) is 15.0 Å². The molecule has 0 aliphatic carbocycles. The van der Waals surface area contributed by atoms with Gasteiger partial charge in [0.15, 0.2) is 17.5 Å². The van der Waals surface area contributed by atoms with Crippen molar-refractivity contribution in [1.82, 2.24) is 15.0 Å². The molecule has 0 bridgehead atoms. The summed E-state index contributed by atoms with van der Waals surface area (Å²) in [5.74, 6) is 1.65. The van der Waals surface area contributed by atoms with Crippen LogP contribution in [0, 0.1) is 22.7 Å². The molecule has 0 saturated carbocycles. The van der Waals surface area contributed by atoms with Crippen molar-refractivity contribution in [3.63, 3.8) is 0 Å². The third-order valence-electron chi connectivity index (χ3n) is 12.1. The van der Waals surface area contributed by atoms with Crippen molar-refractivity contribution in [2.45, 2.75) is 0 Å². The van der Waals surface area contributed by atoms with E-state index < -0.39 is 0 Å². The second-order valence-corrected chi connectivity index (χ2v) is 16.3. The molecule has 0 atom stereocenters. The first-order valence-electron chi connectivity index (χ1n) is 21.8. The topological polar surface area (TPSA) is 86.2 Å². The summed E-state index contributed by atoms with van der Waals surface area (Å²) in [4.78, 5) is 15.0. The van der Waals surface area contributed by atoms with E-state index in [2.05, 4.69) is 140 Å². The monoisotopic (exact) mass is 839 g/mol. The van der Waals surface area contributed by atoms with Gasteiger partial charge in [0.05, 0.1) is 23.3 Å². The van der Waals surface area contributed by atoms with Crippen LogP contribution in [0.25, 0.3) is 111 Å². The van der Waals surface area contributed by atoms with E-state index in [0.29, 0.717) is 28.6 Å². The first-order chi connectivity index (χ1) is 32.6. The summed E-state index contributed by atoms with van der Waals surface area (Å²) >= 11 is 0. The average Bonchev–Trinajstić information content (AvgIpc) is 3.40. The number of rotatable bonds is 8. The minimum absolute atomic E-state index is 0.537. The van der Waals surface area contributed by atoms with Gasteiger partial charge in [-0.1, -0.05) is 176 Å². The Bertz CT molecular complexity index is 3710. The molecule has 10 aromatic carbocycles. The second-order valence-electron chi connectivity index (χ2n) is 16.3. The average molecular weight is 840 g/mol. The van der Waals surface area contributed by atoms with Crippen LogP contribution in [0.15, 0.2) is 224 Å². The van der Waals surface area contributed by atoms with Gasteiger partial charge in [-0.05, 0) is 126 Å². The van der Waals surface area contributed by atoms with Gasteiger partial charge in [0.1, 0.15) is 0 Å². The van der Waals surface area contributed by atoms with Crippen LogP contribution in [0.2, 0.25) is 0 Å². The molecule has 0 spiro atoms. The Morgan fingerprint density at radius 2 is 0.697 bits per heavy atom. The zero-order chi connectivity index (χ0) is 44.4. The molecule has 0 radical (unpaired) electrons. The van der Waals surface area contributed by atoms with Crippen LogP contribution >= 0.6 is 0 Å². The lowest BCUT2D eigenvalue weighted by Crippen LogP contribution is -2.00. The van der Waals surface area contributed by atoms with Gasteiger partial charge >= 0.3 is 0 Å². The highest BCUT2D eigenvalue weighted by atomic mass is 15.0. The largest absolute Gasteiger partial charge is 0.208 e. The normalized spacial score (nSPS) is 11.0. The lowest BCUT2D eigenvalue weighted by molar-refractivity contribution is 1.07. The number of fused-ring (bicyclic) bond motifs is 3. The molecule has 5 heteroatoms. The van der Waals surface area contributed by atoms with Crippen LogP contribution in [0.5, 0.6) is 0 Å². The van der Waals surface area contributed by atoms with Gasteiger partial charge in [0.2, 0.25) is 0 Å². The smallest absolute Gasteiger partial charge is 0.164 e. The van der Waals surface area contributed by atoms with Gasteiger partial charge < -0.3 is 0 Å². The summed E-state index contributed by atoms with van der Waals surface area (Å²) in [6.45, 7) is 0. The summed E-state index contributed by atoms with van der Waals surface area (Å²) in [6.07, 6.45) is 0. The SMILES string of the molecule is N#Cc1ccc(-c2cccc(-c3nc(-c4ccccc4)nc(-c4cccc(-c5cc(C#N)cc(-c6ccc(-c7cccc(-c8cccc9ccc%10ccccc%10c89)c7)cc6)c5)c4)n3)c2)cc1. The van der Waals surface area contributed by atoms with Crippen LogP contribution in [0.4, 0.5) is 0 Å². The molecular formula is C61H37N5. The summed E-state index contributed by atoms with van der Waals surface area (Å²) < 4.78 is 0. The van der Waals surface area contributed by atoms with Crippen LogP contribution in [-0.2, 0) is 0 Å². The molecule has 5 nitrogen and oxygen atoms in total. The van der Waals surface area contributed by atoms with Crippen LogP contribution in [0.1, 0.15) is 11.1 Å². The Labute approximate surface area is 382 Å². The minimum atomic E-state index is 0.537. The Morgan fingerprint density at radius 3 is 1.33 bits per heavy atom. The molecular weight excluding hydrogens is 803 g/mol. The number of benzene rings is 10. The van der Waals surface area contributed by atoms with Crippen molar-refractivity contribution in [2.75, 3.05) is 0 Å². The van der Waals surface area contributed by atoms with E-state index in [9.17, 15) is 10.5 Å². The Kier molecular flexibility index (Phi) is 10.3. The Hall–Kier alpha value is -9.29. The molecule has 0 fully saturated rings. The standard InChI is InChI=1S/C61H37N5/c62-38-40-22-24-42(25-23-40)49-15-7-18-52(35-49)60-64-59(47-11-2-1-3-12-47)65-61(66-60)53-19-8-16-50(36-53)55-33-41(39-63)32-54(37-55)44-28-26-43(27-29-44)48-14-6-17-51(34-48)57-21-9-13-46-31-30-45-10-4-5-20-56(45)58(46)57/h1-37H. The molecule has 0 aliphatic rings. The quantitative estimate of drug-likeness (QED) is 0.142. The molecule has 11 aromatic rings. The Morgan fingerprint density at radius 1 is 0.273 bits per heavy atom. The van der Waals surface area contributed by atoms with Crippen molar-refractivity contribution in [1.29, 1.82) is 10.5 Å². The molecule has 0 saturated heterocycles. The van der Waals surface area contributed by atoms with Gasteiger partial charge in [0.25, 0.3) is 0 Å². The van der Waals surface area contributed by atoms with Crippen molar-refractivity contribution in [2.24, 2.45) is 0 Å². The number of nitriles is 2. The maximum absolute atomic E-state index is 10.3. The summed E-state index contributed by atoms with van der Waals surface area (Å²) in [5, 5.41) is 24.5. The van der Waals surface area contributed by atoms with E-state index in [-0.39, 0.29) is 0 Å². The van der Waals surface area contributed by atoms with Crippen molar-refractivity contribution in [3.8, 4) is 102 Å². The second kappa shape index (κ2) is 17.1. The van der Waals surface area contributed by atoms with E-state index in [0.717, 1.165) is 61.2 Å². The van der Waals surface area contributed by atoms with E-state index >= 15 is 0 Å². The third-order valence-corrected chi connectivity index (χ3v) is 12.1. The first kappa shape index (κ1) is 39.5. The zero-order valence-corrected chi connectivity index (χ0v) is 35.6. The molecule has 1 heterocycles. The molecule has 0 unspecified atom stereocenters. The fraction of sp³-hybridized carbons (Fsp3) is 0. The predicted molar refractivity (Wildman–Crippen MR) is 268 cm³/mol. The lowest BCUT2D eigenvalue weighted by atomic mass is 9.91. The first-order valence-corrected chi connectivity index (χ1v) is 21.8. The molecule has 66 heavy (non-hydrogen) atoms. The number of aromatic nitrogens is 3. The van der Waals surface area contributed by atoms with Gasteiger partial charge in [-0.25, -0.2) is 15.0 Å². The van der Waals surface area contributed by atoms with E-state index in [1.54, 1.807) is 0 Å². The summed E-state index contributed by atoms with van der Waals surface area (Å²) in [7, 11) is 0. The van der Waals surface area contributed by atoms with Crippen LogP contribution in [-0.4, -0.2) is 15.0 Å². The maximum atomic E-state index is 10.3. The lowest BCUT2D eigenvalue weighted by Gasteiger charge is -2.13. The molecule has 1 aromatic heterocycles. The Balaban J connectivity index is 0.925. The third kappa shape index (κ3) is 7.75. The fourth-order valence-corrected chi connectivity index (χ4v) is 8.81. The highest BCUT2D eigenvalue weighted by Gasteiger charge is 2.15. The number of hydrogen-bond acceptors (Lipinski definition) is 5. The summed E-state index contributed by atoms with van der Waals surface area (Å²) in [6, 6.07) is 81.3. The van der Waals surface area contributed by atoms with Crippen LogP contribution in [0.3, 0.4) is 0 Å². The maximum Gasteiger partial charge on any atom is 0.164 e. The molecule has 11 rings (SSSR count). The van der Waals surface area contributed by atoms with Gasteiger partial charge in [-0.2, -0.15) is 10.5 Å². The number of hydrogen-bond donors (Lipinski definition) is 0. The van der Waals surface area contributed by atoms with E-state index in [1.807, 2.05) is 97.1 Å². The van der Waals surface area contributed by atoms with Crippen molar-refractivity contribution >= 4 is 21.5 Å². The van der Waals surface area contributed by atoms with Crippen molar-refractivity contribution < 1.29 is 0 Å². The molecule has 0 N–H and O–H groups in total. The highest BCUT2D eigenvalue weighted by molar-refractivity contribution is 6.14. The van der Waals surface area contributed by atoms with E-state index in [1.165, 1.54) is 32.7 Å². The predicted octanol–water partition coefficient (Wildman–Crippen LogP) is 15.3. The van der Waals surface area contributed by atoms with Gasteiger partial charge in [-0.3, -0.25) is 0 Å². The highest BCUT2D eigenvalue weighted by Crippen LogP contribution is 2.37. The molecule has 306 valence electrons. The van der Waals surface area contributed by atoms with Crippen LogP contribution < -0.4 is 0 Å². The van der Waals surface area contributed by atoms with Gasteiger partial charge in [0, 0.05) is 16.7 Å². The fourth-order valence-electron chi connectivity index (χ4n) is 8.81. The molecule has 0 amide bonds. The summed E-state index contributed by atoms with van der Waals surface area (Å²) in [5.41, 5.74) is 14.2. The van der Waals surface area contributed by atoms with Crippen molar-refractivity contribution in [3.05, 3.63) is 236 Å². The van der Waals surface area contributed by atoms with Gasteiger partial charge in [-0.15, -0.1) is 0 Å². The minimum Gasteiger partial charge on any atom is -0.208 e. The number of nitrogens with zero attached hydrogens (tertiary/aromatic N) is 5.